The van der Waals surface area contributed by atoms with Crippen molar-refractivity contribution < 1.29 is 19.1 Å². The van der Waals surface area contributed by atoms with E-state index in [9.17, 15) is 14.9 Å². The lowest BCUT2D eigenvalue weighted by atomic mass is 10.1. The van der Waals surface area contributed by atoms with Crippen molar-refractivity contribution in [2.24, 2.45) is 0 Å². The molecule has 35 heavy (non-hydrogen) atoms. The Morgan fingerprint density at radius 3 is 2.60 bits per heavy atom. The third kappa shape index (κ3) is 6.13. The molecule has 0 spiro atoms. The molecule has 0 N–H and O–H groups in total. The van der Waals surface area contributed by atoms with E-state index in [4.69, 9.17) is 9.47 Å². The van der Waals surface area contributed by atoms with E-state index in [2.05, 4.69) is 22.0 Å². The number of nitrogens with zero attached hydrogens (tertiary/aromatic N) is 2. The van der Waals surface area contributed by atoms with E-state index in [1.165, 1.54) is 4.90 Å². The van der Waals surface area contributed by atoms with Crippen LogP contribution in [-0.4, -0.2) is 29.2 Å². The summed E-state index contributed by atoms with van der Waals surface area (Å²) in [7, 11) is 0. The number of thioether (sulfide) groups is 1. The zero-order valence-corrected chi connectivity index (χ0v) is 21.3. The standard InChI is InChI=1S/C27H21BrN2O4S/c1-18-6-9-23(10-7-18)33-13-12-30-26(31)25(35-27(30)32)15-21-14-22(28)8-11-24(21)34-17-20-5-3-2-4-19(20)16-29/h2-11,14-15H,12-13,17H2,1H3/b25-15-. The fourth-order valence-corrected chi connectivity index (χ4v) is 4.63. The van der Waals surface area contributed by atoms with Crippen LogP contribution < -0.4 is 9.47 Å². The van der Waals surface area contributed by atoms with Gasteiger partial charge in [-0.25, -0.2) is 0 Å². The minimum absolute atomic E-state index is 0.155. The predicted molar refractivity (Wildman–Crippen MR) is 139 cm³/mol. The Morgan fingerprint density at radius 1 is 1.06 bits per heavy atom. The first-order chi connectivity index (χ1) is 16.9. The van der Waals surface area contributed by atoms with Gasteiger partial charge in [0, 0.05) is 15.6 Å². The minimum Gasteiger partial charge on any atom is -0.492 e. The number of aryl methyl sites for hydroxylation is 1. The molecule has 0 saturated carbocycles. The van der Waals surface area contributed by atoms with E-state index in [1.54, 1.807) is 24.3 Å². The van der Waals surface area contributed by atoms with Crippen LogP contribution in [0.15, 0.2) is 76.1 Å². The van der Waals surface area contributed by atoms with Crippen molar-refractivity contribution >= 4 is 44.9 Å². The summed E-state index contributed by atoms with van der Waals surface area (Å²) in [5.74, 6) is 0.857. The van der Waals surface area contributed by atoms with E-state index < -0.39 is 0 Å². The number of amides is 2. The molecule has 1 saturated heterocycles. The first kappa shape index (κ1) is 24.6. The van der Waals surface area contributed by atoms with Crippen LogP contribution in [0, 0.1) is 18.3 Å². The summed E-state index contributed by atoms with van der Waals surface area (Å²) in [6.07, 6.45) is 1.65. The summed E-state index contributed by atoms with van der Waals surface area (Å²) < 4.78 is 12.5. The first-order valence-electron chi connectivity index (χ1n) is 10.8. The Balaban J connectivity index is 1.46. The monoisotopic (exact) mass is 548 g/mol. The molecule has 1 fully saturated rings. The number of carbonyl (C=O) groups is 2. The number of hydrogen-bond donors (Lipinski definition) is 0. The number of benzene rings is 3. The van der Waals surface area contributed by atoms with Gasteiger partial charge in [-0.2, -0.15) is 5.26 Å². The molecule has 2 amide bonds. The van der Waals surface area contributed by atoms with E-state index in [0.717, 1.165) is 27.4 Å². The molecule has 0 aromatic heterocycles. The Kier molecular flexibility index (Phi) is 7.91. The molecule has 8 heteroatoms. The molecule has 3 aromatic rings. The highest BCUT2D eigenvalue weighted by molar-refractivity contribution is 9.10. The second kappa shape index (κ2) is 11.3. The SMILES string of the molecule is Cc1ccc(OCCN2C(=O)S/C(=C\c3cc(Br)ccc3OCc3ccccc3C#N)C2=O)cc1. The number of ether oxygens (including phenoxy) is 2. The number of imide groups is 1. The van der Waals surface area contributed by atoms with Crippen molar-refractivity contribution in [3.05, 3.63) is 98.4 Å². The van der Waals surface area contributed by atoms with Crippen molar-refractivity contribution in [1.82, 2.24) is 4.90 Å². The summed E-state index contributed by atoms with van der Waals surface area (Å²) in [5.41, 5.74) is 3.08. The van der Waals surface area contributed by atoms with Gasteiger partial charge in [0.15, 0.2) is 0 Å². The van der Waals surface area contributed by atoms with E-state index >= 15 is 0 Å². The van der Waals surface area contributed by atoms with Gasteiger partial charge in [-0.15, -0.1) is 0 Å². The Morgan fingerprint density at radius 2 is 1.83 bits per heavy atom. The predicted octanol–water partition coefficient (Wildman–Crippen LogP) is 6.32. The second-order valence-corrected chi connectivity index (χ2v) is 9.64. The molecule has 0 unspecified atom stereocenters. The van der Waals surface area contributed by atoms with Gasteiger partial charge in [-0.3, -0.25) is 14.5 Å². The fraction of sp³-hybridized carbons (Fsp3) is 0.148. The zero-order chi connectivity index (χ0) is 24.8. The molecule has 176 valence electrons. The summed E-state index contributed by atoms with van der Waals surface area (Å²) in [6, 6.07) is 22.4. The van der Waals surface area contributed by atoms with E-state index in [0.29, 0.717) is 27.5 Å². The number of halogens is 1. The molecule has 0 bridgehead atoms. The van der Waals surface area contributed by atoms with Crippen LogP contribution in [0.2, 0.25) is 0 Å². The van der Waals surface area contributed by atoms with Gasteiger partial charge in [-0.05, 0) is 61.2 Å². The summed E-state index contributed by atoms with van der Waals surface area (Å²) in [5, 5.41) is 8.97. The maximum Gasteiger partial charge on any atom is 0.293 e. The van der Waals surface area contributed by atoms with Gasteiger partial charge in [0.1, 0.15) is 24.7 Å². The maximum atomic E-state index is 12.9. The third-order valence-electron chi connectivity index (χ3n) is 5.26. The van der Waals surface area contributed by atoms with Crippen LogP contribution in [0.25, 0.3) is 6.08 Å². The number of hydrogen-bond acceptors (Lipinski definition) is 6. The fourth-order valence-electron chi connectivity index (χ4n) is 3.40. The topological polar surface area (TPSA) is 79.6 Å². The molecular formula is C27H21BrN2O4S. The molecule has 6 nitrogen and oxygen atoms in total. The van der Waals surface area contributed by atoms with Crippen LogP contribution in [0.3, 0.4) is 0 Å². The second-order valence-electron chi connectivity index (χ2n) is 7.73. The first-order valence-corrected chi connectivity index (χ1v) is 12.4. The number of carbonyl (C=O) groups excluding carboxylic acids is 2. The molecule has 1 aliphatic rings. The van der Waals surface area contributed by atoms with Crippen LogP contribution in [0.4, 0.5) is 4.79 Å². The lowest BCUT2D eigenvalue weighted by Crippen LogP contribution is -2.32. The maximum absolute atomic E-state index is 12.9. The quantitative estimate of drug-likeness (QED) is 0.306. The molecular weight excluding hydrogens is 528 g/mol. The highest BCUT2D eigenvalue weighted by atomic mass is 79.9. The van der Waals surface area contributed by atoms with Gasteiger partial charge in [-0.1, -0.05) is 51.8 Å². The zero-order valence-electron chi connectivity index (χ0n) is 18.9. The highest BCUT2D eigenvalue weighted by Gasteiger charge is 2.35. The Labute approximate surface area is 216 Å². The summed E-state index contributed by atoms with van der Waals surface area (Å²) in [4.78, 5) is 26.9. The third-order valence-corrected chi connectivity index (χ3v) is 6.66. The normalized spacial score (nSPS) is 14.3. The van der Waals surface area contributed by atoms with Crippen molar-refractivity contribution in [3.63, 3.8) is 0 Å². The summed E-state index contributed by atoms with van der Waals surface area (Å²) in [6.45, 7) is 2.55. The van der Waals surface area contributed by atoms with Gasteiger partial charge >= 0.3 is 0 Å². The van der Waals surface area contributed by atoms with Crippen LogP contribution in [0.1, 0.15) is 22.3 Å². The lowest BCUT2D eigenvalue weighted by molar-refractivity contribution is -0.123. The van der Waals surface area contributed by atoms with Crippen LogP contribution >= 0.6 is 27.7 Å². The lowest BCUT2D eigenvalue weighted by Gasteiger charge is -2.13. The molecule has 3 aromatic carbocycles. The molecule has 4 rings (SSSR count). The van der Waals surface area contributed by atoms with Gasteiger partial charge < -0.3 is 9.47 Å². The summed E-state index contributed by atoms with van der Waals surface area (Å²) >= 11 is 4.34. The van der Waals surface area contributed by atoms with Crippen molar-refractivity contribution in [1.29, 1.82) is 5.26 Å². The molecule has 1 heterocycles. The smallest absolute Gasteiger partial charge is 0.293 e. The molecule has 0 radical (unpaired) electrons. The van der Waals surface area contributed by atoms with Crippen LogP contribution in [0.5, 0.6) is 11.5 Å². The van der Waals surface area contributed by atoms with E-state index in [-0.39, 0.29) is 30.9 Å². The average molecular weight is 549 g/mol. The van der Waals surface area contributed by atoms with Crippen molar-refractivity contribution in [3.8, 4) is 17.6 Å². The Hall–Kier alpha value is -3.54. The number of nitriles is 1. The molecule has 1 aliphatic heterocycles. The highest BCUT2D eigenvalue weighted by Crippen LogP contribution is 2.35. The number of rotatable bonds is 8. The molecule has 0 aliphatic carbocycles. The Bertz CT molecular complexity index is 1330. The van der Waals surface area contributed by atoms with Crippen LogP contribution in [-0.2, 0) is 11.4 Å². The average Bonchev–Trinajstić information content (AvgIpc) is 3.12. The van der Waals surface area contributed by atoms with Gasteiger partial charge in [0.2, 0.25) is 0 Å². The van der Waals surface area contributed by atoms with E-state index in [1.807, 2.05) is 55.5 Å². The van der Waals surface area contributed by atoms with Crippen molar-refractivity contribution in [2.75, 3.05) is 13.2 Å². The van der Waals surface area contributed by atoms with Gasteiger partial charge in [0.25, 0.3) is 11.1 Å². The molecule has 0 atom stereocenters. The van der Waals surface area contributed by atoms with Crippen molar-refractivity contribution in [2.45, 2.75) is 13.5 Å². The van der Waals surface area contributed by atoms with Gasteiger partial charge in [0.05, 0.1) is 23.1 Å². The largest absolute Gasteiger partial charge is 0.492 e. The minimum atomic E-state index is -0.367.